The Morgan fingerprint density at radius 2 is 1.62 bits per heavy atom. The van der Waals surface area contributed by atoms with E-state index in [4.69, 9.17) is 4.43 Å². The first-order valence-corrected chi connectivity index (χ1v) is 15.0. The molecule has 3 rings (SSSR count). The molecule has 3 heteroatoms. The van der Waals surface area contributed by atoms with Crippen molar-refractivity contribution in [3.63, 3.8) is 0 Å². The third-order valence-corrected chi connectivity index (χ3v) is 12.8. The van der Waals surface area contributed by atoms with Gasteiger partial charge in [-0.3, -0.25) is 4.79 Å². The maximum Gasteiger partial charge on any atom is 0.261 e. The molecule has 0 amide bonds. The van der Waals surface area contributed by atoms with Gasteiger partial charge in [0.05, 0.1) is 0 Å². The molecule has 2 aromatic rings. The van der Waals surface area contributed by atoms with Crippen LogP contribution < -0.4 is 10.4 Å². The average Bonchev–Trinajstić information content (AvgIpc) is 2.82. The smallest absolute Gasteiger partial charge is 0.261 e. The zero-order chi connectivity index (χ0) is 24.8. The normalized spacial score (nSPS) is 22.1. The van der Waals surface area contributed by atoms with Crippen molar-refractivity contribution in [3.05, 3.63) is 72.3 Å². The number of hydrogen-bond donors (Lipinski definition) is 0. The van der Waals surface area contributed by atoms with Gasteiger partial charge in [0.25, 0.3) is 8.32 Å². The molecule has 184 valence electrons. The standard InChI is InChI=1S/C31H44O2Si/c1-25(21-23-31(6)22-13-16-26(2)29(31)32)15-14-24-33-34(30(3,4)5,27-17-9-7-10-18-27)28-19-11-8-12-20-28/h7-12,17-21,26H,13-16,22-24H2,1-6H3/b25-21+/t26-,31+/m0/s1. The molecule has 0 N–H and O–H groups in total. The zero-order valence-electron chi connectivity index (χ0n) is 22.2. The Morgan fingerprint density at radius 3 is 2.15 bits per heavy atom. The summed E-state index contributed by atoms with van der Waals surface area (Å²) in [6.07, 6.45) is 8.44. The number of Topliss-reactive ketones (excluding diaryl/α,β-unsaturated/α-hetero) is 1. The summed E-state index contributed by atoms with van der Waals surface area (Å²) >= 11 is 0. The highest BCUT2D eigenvalue weighted by Gasteiger charge is 2.49. The molecule has 1 saturated carbocycles. The van der Waals surface area contributed by atoms with Crippen LogP contribution in [-0.2, 0) is 9.22 Å². The van der Waals surface area contributed by atoms with Gasteiger partial charge in [-0.1, -0.05) is 113 Å². The van der Waals surface area contributed by atoms with Gasteiger partial charge in [0.1, 0.15) is 5.78 Å². The Morgan fingerprint density at radius 1 is 1.06 bits per heavy atom. The van der Waals surface area contributed by atoms with Crippen molar-refractivity contribution < 1.29 is 9.22 Å². The van der Waals surface area contributed by atoms with E-state index in [1.54, 1.807) is 0 Å². The molecule has 0 radical (unpaired) electrons. The highest BCUT2D eigenvalue weighted by molar-refractivity contribution is 6.99. The van der Waals surface area contributed by atoms with Crippen molar-refractivity contribution in [3.8, 4) is 0 Å². The van der Waals surface area contributed by atoms with Crippen LogP contribution in [0.5, 0.6) is 0 Å². The lowest BCUT2D eigenvalue weighted by atomic mass is 9.68. The van der Waals surface area contributed by atoms with Crippen molar-refractivity contribution in [2.45, 2.75) is 85.1 Å². The number of benzene rings is 2. The summed E-state index contributed by atoms with van der Waals surface area (Å²) in [6.45, 7) is 14.2. The molecule has 0 bridgehead atoms. The lowest BCUT2D eigenvalue weighted by Gasteiger charge is -2.43. The zero-order valence-corrected chi connectivity index (χ0v) is 23.2. The van der Waals surface area contributed by atoms with Crippen LogP contribution in [0, 0.1) is 11.3 Å². The van der Waals surface area contributed by atoms with Gasteiger partial charge in [-0.25, -0.2) is 0 Å². The lowest BCUT2D eigenvalue weighted by Crippen LogP contribution is -2.66. The highest BCUT2D eigenvalue weighted by atomic mass is 28.4. The number of carbonyl (C=O) groups is 1. The number of rotatable bonds is 9. The molecule has 0 saturated heterocycles. The summed E-state index contributed by atoms with van der Waals surface area (Å²) in [4.78, 5) is 12.7. The van der Waals surface area contributed by atoms with Gasteiger partial charge in [0, 0.05) is 17.9 Å². The van der Waals surface area contributed by atoms with Crippen LogP contribution in [0.2, 0.25) is 5.04 Å². The SMILES string of the molecule is C/C(=C\C[C@@]1(C)CCC[C@H](C)C1=O)CCCO[Si](c1ccccc1)(c1ccccc1)C(C)(C)C. The van der Waals surface area contributed by atoms with E-state index in [1.165, 1.54) is 22.4 Å². The van der Waals surface area contributed by atoms with Crippen LogP contribution in [0.25, 0.3) is 0 Å². The van der Waals surface area contributed by atoms with Crippen molar-refractivity contribution in [2.24, 2.45) is 11.3 Å². The van der Waals surface area contributed by atoms with Gasteiger partial charge in [-0.2, -0.15) is 0 Å². The molecule has 1 fully saturated rings. The molecule has 0 unspecified atom stereocenters. The van der Waals surface area contributed by atoms with Crippen molar-refractivity contribution in [1.29, 1.82) is 0 Å². The fourth-order valence-corrected chi connectivity index (χ4v) is 10.3. The quantitative estimate of drug-likeness (QED) is 0.220. The summed E-state index contributed by atoms with van der Waals surface area (Å²) in [5, 5.41) is 2.67. The van der Waals surface area contributed by atoms with Crippen molar-refractivity contribution in [2.75, 3.05) is 6.61 Å². The Labute approximate surface area is 209 Å². The lowest BCUT2D eigenvalue weighted by molar-refractivity contribution is -0.134. The van der Waals surface area contributed by atoms with Crippen LogP contribution in [0.3, 0.4) is 0 Å². The monoisotopic (exact) mass is 476 g/mol. The Kier molecular flexibility index (Phi) is 8.75. The second-order valence-corrected chi connectivity index (χ2v) is 15.9. The molecule has 0 heterocycles. The van der Waals surface area contributed by atoms with Crippen molar-refractivity contribution in [1.82, 2.24) is 0 Å². The van der Waals surface area contributed by atoms with Crippen LogP contribution in [0.1, 0.15) is 80.1 Å². The minimum atomic E-state index is -2.46. The molecule has 2 nitrogen and oxygen atoms in total. The second kappa shape index (κ2) is 11.2. The summed E-state index contributed by atoms with van der Waals surface area (Å²) in [7, 11) is -2.46. The first-order chi connectivity index (χ1) is 16.1. The molecule has 2 aromatic carbocycles. The summed E-state index contributed by atoms with van der Waals surface area (Å²) in [5.41, 5.74) is 1.20. The van der Waals surface area contributed by atoms with Crippen molar-refractivity contribution >= 4 is 24.5 Å². The molecule has 0 aliphatic heterocycles. The molecular weight excluding hydrogens is 432 g/mol. The largest absolute Gasteiger partial charge is 0.407 e. The fraction of sp³-hybridized carbons (Fsp3) is 0.516. The third kappa shape index (κ3) is 5.80. The molecule has 0 aromatic heterocycles. The van der Waals surface area contributed by atoms with Crippen LogP contribution >= 0.6 is 0 Å². The highest BCUT2D eigenvalue weighted by Crippen LogP contribution is 2.39. The molecule has 1 aliphatic rings. The van der Waals surface area contributed by atoms with E-state index < -0.39 is 8.32 Å². The summed E-state index contributed by atoms with van der Waals surface area (Å²) in [6, 6.07) is 21.7. The van der Waals surface area contributed by atoms with Crippen LogP contribution in [-0.4, -0.2) is 20.7 Å². The van der Waals surface area contributed by atoms with E-state index in [0.29, 0.717) is 5.78 Å². The Balaban J connectivity index is 1.71. The predicted molar refractivity (Wildman–Crippen MR) is 147 cm³/mol. The molecule has 1 aliphatic carbocycles. The van der Waals surface area contributed by atoms with Gasteiger partial charge in [-0.05, 0) is 54.4 Å². The topological polar surface area (TPSA) is 26.3 Å². The van der Waals surface area contributed by atoms with E-state index in [2.05, 4.69) is 108 Å². The molecule has 2 atom stereocenters. The number of allylic oxidation sites excluding steroid dienone is 2. The summed E-state index contributed by atoms with van der Waals surface area (Å²) < 4.78 is 7.02. The number of ketones is 1. The van der Waals surface area contributed by atoms with E-state index in [9.17, 15) is 4.79 Å². The maximum absolute atomic E-state index is 12.7. The fourth-order valence-electron chi connectivity index (χ4n) is 5.69. The molecular formula is C31H44O2Si. The van der Waals surface area contributed by atoms with E-state index in [1.807, 2.05) is 0 Å². The first-order valence-electron chi connectivity index (χ1n) is 13.1. The van der Waals surface area contributed by atoms with Gasteiger partial charge >= 0.3 is 0 Å². The Bertz CT molecular complexity index is 918. The predicted octanol–water partition coefficient (Wildman–Crippen LogP) is 7.08. The number of hydrogen-bond acceptors (Lipinski definition) is 2. The van der Waals surface area contributed by atoms with Gasteiger partial charge < -0.3 is 4.43 Å². The van der Waals surface area contributed by atoms with E-state index >= 15 is 0 Å². The molecule has 0 spiro atoms. The second-order valence-electron chi connectivity index (χ2n) is 11.6. The van der Waals surface area contributed by atoms with Gasteiger partial charge in [0.2, 0.25) is 0 Å². The number of carbonyl (C=O) groups excluding carboxylic acids is 1. The average molecular weight is 477 g/mol. The van der Waals surface area contributed by atoms with Gasteiger partial charge in [0.15, 0.2) is 0 Å². The van der Waals surface area contributed by atoms with Crippen LogP contribution in [0.15, 0.2) is 72.3 Å². The van der Waals surface area contributed by atoms with Gasteiger partial charge in [-0.15, -0.1) is 0 Å². The summed E-state index contributed by atoms with van der Waals surface area (Å²) in [5.74, 6) is 0.671. The van der Waals surface area contributed by atoms with Crippen LogP contribution in [0.4, 0.5) is 0 Å². The minimum Gasteiger partial charge on any atom is -0.407 e. The Hall–Kier alpha value is -1.97. The third-order valence-electron chi connectivity index (χ3n) is 7.76. The van der Waals surface area contributed by atoms with E-state index in [-0.39, 0.29) is 16.4 Å². The first kappa shape index (κ1) is 26.6. The van der Waals surface area contributed by atoms with E-state index in [0.717, 1.165) is 38.7 Å². The molecule has 34 heavy (non-hydrogen) atoms. The maximum atomic E-state index is 12.7. The minimum absolute atomic E-state index is 0.00716.